The van der Waals surface area contributed by atoms with Crippen molar-refractivity contribution in [2.75, 3.05) is 19.7 Å². The first-order valence-electron chi connectivity index (χ1n) is 5.57. The molecule has 1 fully saturated rings. The number of morpholine rings is 1. The van der Waals surface area contributed by atoms with Crippen LogP contribution in [0.2, 0.25) is 5.02 Å². The molecule has 1 aliphatic heterocycles. The van der Waals surface area contributed by atoms with Crippen molar-refractivity contribution < 1.29 is 19.0 Å². The van der Waals surface area contributed by atoms with E-state index in [1.807, 2.05) is 4.90 Å². The van der Waals surface area contributed by atoms with Gasteiger partial charge in [-0.15, -0.1) is 0 Å². The highest BCUT2D eigenvalue weighted by atomic mass is 35.5. The Morgan fingerprint density at radius 1 is 1.61 bits per heavy atom. The van der Waals surface area contributed by atoms with Crippen LogP contribution in [0.1, 0.15) is 5.56 Å². The van der Waals surface area contributed by atoms with Crippen molar-refractivity contribution in [3.8, 4) is 0 Å². The lowest BCUT2D eigenvalue weighted by Crippen LogP contribution is -2.45. The summed E-state index contributed by atoms with van der Waals surface area (Å²) < 4.78 is 18.6. The predicted molar refractivity (Wildman–Crippen MR) is 64.1 cm³/mol. The molecule has 6 heteroatoms. The molecule has 1 aliphatic rings. The number of ether oxygens (including phenoxy) is 1. The highest BCUT2D eigenvalue weighted by Gasteiger charge is 2.26. The maximum Gasteiger partial charge on any atom is 0.334 e. The van der Waals surface area contributed by atoms with Gasteiger partial charge in [0.25, 0.3) is 0 Å². The lowest BCUT2D eigenvalue weighted by Gasteiger charge is -2.30. The number of carboxylic acid groups (broad SMARTS) is 1. The van der Waals surface area contributed by atoms with Gasteiger partial charge in [0.2, 0.25) is 0 Å². The molecule has 0 aromatic heterocycles. The van der Waals surface area contributed by atoms with Crippen LogP contribution in [-0.4, -0.2) is 41.8 Å². The summed E-state index contributed by atoms with van der Waals surface area (Å²) in [5.41, 5.74) is 0.466. The van der Waals surface area contributed by atoms with E-state index in [4.69, 9.17) is 21.4 Å². The van der Waals surface area contributed by atoms with Crippen LogP contribution in [0, 0.1) is 5.82 Å². The number of aliphatic carboxylic acids is 1. The highest BCUT2D eigenvalue weighted by Crippen LogP contribution is 2.18. The molecule has 0 amide bonds. The summed E-state index contributed by atoms with van der Waals surface area (Å²) in [7, 11) is 0. The van der Waals surface area contributed by atoms with Crippen LogP contribution in [-0.2, 0) is 16.1 Å². The summed E-state index contributed by atoms with van der Waals surface area (Å²) in [6, 6.07) is 4.36. The van der Waals surface area contributed by atoms with Crippen LogP contribution in [0.15, 0.2) is 18.2 Å². The summed E-state index contributed by atoms with van der Waals surface area (Å²) >= 11 is 5.81. The third kappa shape index (κ3) is 3.19. The summed E-state index contributed by atoms with van der Waals surface area (Å²) in [6.07, 6.45) is -0.846. The molecule has 1 atom stereocenters. The number of hydrogen-bond donors (Lipinski definition) is 1. The Labute approximate surface area is 109 Å². The van der Waals surface area contributed by atoms with Crippen LogP contribution in [0.5, 0.6) is 0 Å². The molecule has 0 saturated carbocycles. The summed E-state index contributed by atoms with van der Waals surface area (Å²) in [6.45, 7) is 1.50. The second kappa shape index (κ2) is 5.65. The van der Waals surface area contributed by atoms with Gasteiger partial charge in [-0.25, -0.2) is 9.18 Å². The molecule has 1 aromatic rings. The Kier molecular flexibility index (Phi) is 4.16. The van der Waals surface area contributed by atoms with Gasteiger partial charge >= 0.3 is 5.97 Å². The first-order valence-corrected chi connectivity index (χ1v) is 5.95. The number of benzene rings is 1. The van der Waals surface area contributed by atoms with Gasteiger partial charge in [-0.1, -0.05) is 11.6 Å². The highest BCUT2D eigenvalue weighted by molar-refractivity contribution is 6.30. The van der Waals surface area contributed by atoms with Crippen LogP contribution in [0.3, 0.4) is 0 Å². The van der Waals surface area contributed by atoms with E-state index in [0.717, 1.165) is 0 Å². The van der Waals surface area contributed by atoms with Crippen LogP contribution in [0.4, 0.5) is 4.39 Å². The van der Waals surface area contributed by atoms with Gasteiger partial charge in [-0.05, 0) is 18.2 Å². The molecule has 0 bridgehead atoms. The average molecular weight is 274 g/mol. The fraction of sp³-hybridized carbons (Fsp3) is 0.417. The zero-order valence-electron chi connectivity index (χ0n) is 9.60. The van der Waals surface area contributed by atoms with Crippen molar-refractivity contribution >= 4 is 17.6 Å². The van der Waals surface area contributed by atoms with E-state index in [0.29, 0.717) is 30.3 Å². The molecule has 0 aliphatic carbocycles. The van der Waals surface area contributed by atoms with E-state index < -0.39 is 12.1 Å². The molecule has 1 heterocycles. The topological polar surface area (TPSA) is 49.8 Å². The van der Waals surface area contributed by atoms with Gasteiger partial charge in [0.15, 0.2) is 6.10 Å². The zero-order chi connectivity index (χ0) is 13.1. The third-order valence-corrected chi connectivity index (χ3v) is 3.06. The van der Waals surface area contributed by atoms with E-state index >= 15 is 0 Å². The van der Waals surface area contributed by atoms with Crippen LogP contribution >= 0.6 is 11.6 Å². The Bertz CT molecular complexity index is 455. The molecule has 98 valence electrons. The summed E-state index contributed by atoms with van der Waals surface area (Å²) in [4.78, 5) is 12.7. The van der Waals surface area contributed by atoms with E-state index in [-0.39, 0.29) is 12.4 Å². The third-order valence-electron chi connectivity index (χ3n) is 2.83. The molecule has 1 aromatic carbocycles. The van der Waals surface area contributed by atoms with Crippen molar-refractivity contribution in [1.82, 2.24) is 4.90 Å². The molecule has 0 spiro atoms. The van der Waals surface area contributed by atoms with Gasteiger partial charge < -0.3 is 9.84 Å². The number of carbonyl (C=O) groups is 1. The first kappa shape index (κ1) is 13.3. The minimum atomic E-state index is -0.994. The number of carboxylic acids is 1. The molecule has 4 nitrogen and oxygen atoms in total. The van der Waals surface area contributed by atoms with Crippen molar-refractivity contribution in [2.24, 2.45) is 0 Å². The normalized spacial score (nSPS) is 20.9. The Hall–Kier alpha value is -1.17. The summed E-state index contributed by atoms with van der Waals surface area (Å²) in [5, 5.41) is 9.34. The van der Waals surface area contributed by atoms with Crippen molar-refractivity contribution in [3.05, 3.63) is 34.6 Å². The van der Waals surface area contributed by atoms with Crippen molar-refractivity contribution in [3.63, 3.8) is 0 Å². The Balaban J connectivity index is 2.04. The molecule has 1 N–H and O–H groups in total. The maximum atomic E-state index is 13.5. The molecule has 1 saturated heterocycles. The van der Waals surface area contributed by atoms with Crippen molar-refractivity contribution in [2.45, 2.75) is 12.6 Å². The number of rotatable bonds is 3. The first-order chi connectivity index (χ1) is 8.56. The molecule has 1 unspecified atom stereocenters. The minimum absolute atomic E-state index is 0.251. The van der Waals surface area contributed by atoms with Crippen LogP contribution < -0.4 is 0 Å². The Morgan fingerprint density at radius 2 is 2.39 bits per heavy atom. The van der Waals surface area contributed by atoms with E-state index in [1.165, 1.54) is 12.1 Å². The fourth-order valence-electron chi connectivity index (χ4n) is 1.90. The predicted octanol–water partition coefficient (Wildman–Crippen LogP) is 1.76. The standard InChI is InChI=1S/C12H13ClFNO3/c13-9-1-2-10(14)8(5-9)6-15-3-4-18-11(7-15)12(16)17/h1-2,5,11H,3-4,6-7H2,(H,16,17). The molecular formula is C12H13ClFNO3. The molecule has 18 heavy (non-hydrogen) atoms. The number of halogens is 2. The SMILES string of the molecule is O=C(O)C1CN(Cc2cc(Cl)ccc2F)CCO1. The quantitative estimate of drug-likeness (QED) is 0.912. The van der Waals surface area contributed by atoms with Gasteiger partial charge in [0.1, 0.15) is 5.82 Å². The number of nitrogens with zero attached hydrogens (tertiary/aromatic N) is 1. The van der Waals surface area contributed by atoms with E-state index in [9.17, 15) is 9.18 Å². The lowest BCUT2D eigenvalue weighted by molar-refractivity contribution is -0.156. The Morgan fingerprint density at radius 3 is 3.11 bits per heavy atom. The average Bonchev–Trinajstić information content (AvgIpc) is 2.34. The number of hydrogen-bond acceptors (Lipinski definition) is 3. The van der Waals surface area contributed by atoms with E-state index in [1.54, 1.807) is 6.07 Å². The van der Waals surface area contributed by atoms with Gasteiger partial charge in [0, 0.05) is 30.2 Å². The largest absolute Gasteiger partial charge is 0.479 e. The lowest BCUT2D eigenvalue weighted by atomic mass is 10.1. The van der Waals surface area contributed by atoms with Gasteiger partial charge in [-0.2, -0.15) is 0 Å². The summed E-state index contributed by atoms with van der Waals surface area (Å²) in [5.74, 6) is -1.33. The van der Waals surface area contributed by atoms with Gasteiger partial charge in [0.05, 0.1) is 6.61 Å². The fourth-order valence-corrected chi connectivity index (χ4v) is 2.10. The van der Waals surface area contributed by atoms with E-state index in [2.05, 4.69) is 0 Å². The van der Waals surface area contributed by atoms with Crippen molar-refractivity contribution in [1.29, 1.82) is 0 Å². The monoisotopic (exact) mass is 273 g/mol. The maximum absolute atomic E-state index is 13.5. The molecular weight excluding hydrogens is 261 g/mol. The second-order valence-corrected chi connectivity index (χ2v) is 4.60. The second-order valence-electron chi connectivity index (χ2n) is 4.17. The zero-order valence-corrected chi connectivity index (χ0v) is 10.4. The minimum Gasteiger partial charge on any atom is -0.479 e. The molecule has 2 rings (SSSR count). The molecule has 0 radical (unpaired) electrons. The smallest absolute Gasteiger partial charge is 0.334 e. The van der Waals surface area contributed by atoms with Gasteiger partial charge in [-0.3, -0.25) is 4.90 Å². The van der Waals surface area contributed by atoms with Crippen LogP contribution in [0.25, 0.3) is 0 Å².